The molecule has 1 aromatic rings. The summed E-state index contributed by atoms with van der Waals surface area (Å²) >= 11 is 0. The molecule has 1 N–H and O–H groups in total. The quantitative estimate of drug-likeness (QED) is 0.499. The molecule has 1 aliphatic rings. The van der Waals surface area contributed by atoms with Crippen molar-refractivity contribution in [2.75, 3.05) is 31.8 Å². The molecule has 32 heavy (non-hydrogen) atoms. The molecule has 0 unspecified atom stereocenters. The number of rotatable bonds is 11. The highest BCUT2D eigenvalue weighted by atomic mass is 16.6. The van der Waals surface area contributed by atoms with Crippen LogP contribution < -0.4 is 9.64 Å². The Morgan fingerprint density at radius 2 is 1.91 bits per heavy atom. The Bertz CT molecular complexity index is 828. The number of pyridine rings is 1. The average molecular weight is 445 g/mol. The molecule has 1 saturated carbocycles. The molecule has 8 heteroatoms. The van der Waals surface area contributed by atoms with E-state index in [1.807, 2.05) is 19.1 Å². The number of hydrogen-bond donors (Lipinski definition) is 1. The van der Waals surface area contributed by atoms with Gasteiger partial charge in [0.05, 0.1) is 44.1 Å². The van der Waals surface area contributed by atoms with Gasteiger partial charge in [-0.25, -0.2) is 14.5 Å². The van der Waals surface area contributed by atoms with Crippen molar-refractivity contribution < 1.29 is 28.9 Å². The summed E-state index contributed by atoms with van der Waals surface area (Å²) in [4.78, 5) is 29.2. The van der Waals surface area contributed by atoms with Gasteiger partial charge in [-0.05, 0) is 56.6 Å². The van der Waals surface area contributed by atoms with E-state index in [9.17, 15) is 9.59 Å². The maximum Gasteiger partial charge on any atom is 0.419 e. The van der Waals surface area contributed by atoms with Gasteiger partial charge in [0.2, 0.25) is 0 Å². The van der Waals surface area contributed by atoms with E-state index in [0.29, 0.717) is 36.3 Å². The Morgan fingerprint density at radius 3 is 2.50 bits per heavy atom. The lowest BCUT2D eigenvalue weighted by molar-refractivity contribution is -0.142. The summed E-state index contributed by atoms with van der Waals surface area (Å²) in [6.07, 6.45) is 13.3. The summed E-state index contributed by atoms with van der Waals surface area (Å²) in [6.45, 7) is 6.21. The van der Waals surface area contributed by atoms with Gasteiger partial charge in [-0.1, -0.05) is 18.7 Å². The summed E-state index contributed by atoms with van der Waals surface area (Å²) in [5, 5.41) is 8.67. The highest BCUT2D eigenvalue weighted by Gasteiger charge is 2.25. The van der Waals surface area contributed by atoms with E-state index in [4.69, 9.17) is 19.3 Å². The highest BCUT2D eigenvalue weighted by Crippen LogP contribution is 2.30. The van der Waals surface area contributed by atoms with E-state index >= 15 is 0 Å². The number of carbonyl (C=O) groups excluding carboxylic acids is 1. The van der Waals surface area contributed by atoms with Gasteiger partial charge >= 0.3 is 12.1 Å². The minimum absolute atomic E-state index is 0.256. The fourth-order valence-corrected chi connectivity index (χ4v) is 3.56. The predicted octanol–water partition coefficient (Wildman–Crippen LogP) is 4.59. The number of anilines is 1. The van der Waals surface area contributed by atoms with Crippen molar-refractivity contribution in [1.82, 2.24) is 4.98 Å². The molecule has 1 aromatic heterocycles. The fraction of sp³-hybridized carbons (Fsp3) is 0.458. The van der Waals surface area contributed by atoms with Crippen LogP contribution in [0.3, 0.4) is 0 Å². The first kappa shape index (κ1) is 25.1. The number of methoxy groups -OCH3 is 1. The summed E-state index contributed by atoms with van der Waals surface area (Å²) in [5.41, 5.74) is 1.08. The summed E-state index contributed by atoms with van der Waals surface area (Å²) in [7, 11) is 1.54. The fourth-order valence-electron chi connectivity index (χ4n) is 3.56. The topological polar surface area (TPSA) is 98.2 Å². The van der Waals surface area contributed by atoms with Gasteiger partial charge < -0.3 is 19.3 Å². The van der Waals surface area contributed by atoms with Crippen LogP contribution in [0.25, 0.3) is 0 Å². The number of carbonyl (C=O) groups is 2. The van der Waals surface area contributed by atoms with E-state index in [0.717, 1.165) is 25.7 Å². The molecule has 0 radical (unpaired) electrons. The standard InChI is InChI=1S/C24H32N2O6/c1-4-6-7-20(5-2)26(21-12-22(30-3)14-25-13-21)24(29)32-16-19-10-8-18(9-11-19)15-31-17-23(27)28/h4-7,12-14,18-19H,2,8-11,15-17H2,1,3H3,(H,27,28)/b6-4-,20-7+. The Kier molecular flexibility index (Phi) is 10.5. The van der Waals surface area contributed by atoms with Crippen LogP contribution in [-0.2, 0) is 14.3 Å². The molecule has 0 atom stereocenters. The van der Waals surface area contributed by atoms with Gasteiger partial charge in [0.25, 0.3) is 0 Å². The molecule has 0 spiro atoms. The van der Waals surface area contributed by atoms with Crippen LogP contribution in [0.4, 0.5) is 10.5 Å². The average Bonchev–Trinajstić information content (AvgIpc) is 2.80. The van der Waals surface area contributed by atoms with Crippen LogP contribution in [0.5, 0.6) is 5.75 Å². The zero-order valence-electron chi connectivity index (χ0n) is 18.7. The zero-order chi connectivity index (χ0) is 23.3. The van der Waals surface area contributed by atoms with Crippen molar-refractivity contribution in [3.8, 4) is 5.75 Å². The number of allylic oxidation sites excluding steroid dienone is 4. The van der Waals surface area contributed by atoms with Crippen molar-refractivity contribution >= 4 is 17.7 Å². The van der Waals surface area contributed by atoms with Gasteiger partial charge in [0, 0.05) is 6.07 Å². The summed E-state index contributed by atoms with van der Waals surface area (Å²) < 4.78 is 16.1. The van der Waals surface area contributed by atoms with Gasteiger partial charge in [0.1, 0.15) is 12.4 Å². The molecule has 0 saturated heterocycles. The van der Waals surface area contributed by atoms with Crippen LogP contribution in [0.15, 0.2) is 55.0 Å². The normalized spacial score (nSPS) is 18.9. The molecule has 174 valence electrons. The first-order valence-electron chi connectivity index (χ1n) is 10.7. The monoisotopic (exact) mass is 444 g/mol. The second kappa shape index (κ2) is 13.3. The number of aromatic nitrogens is 1. The van der Waals surface area contributed by atoms with Crippen molar-refractivity contribution in [1.29, 1.82) is 0 Å². The highest BCUT2D eigenvalue weighted by molar-refractivity contribution is 5.92. The Labute approximate surface area is 189 Å². The SMILES string of the molecule is C=C/C(=C\C=C/C)N(C(=O)OCC1CCC(COCC(=O)O)CC1)c1cncc(OC)c1. The largest absolute Gasteiger partial charge is 0.495 e. The number of carboxylic acid groups (broad SMARTS) is 1. The minimum atomic E-state index is -0.955. The molecule has 1 heterocycles. The number of aliphatic carboxylic acids is 1. The maximum atomic E-state index is 13.1. The molecule has 0 aliphatic heterocycles. The summed E-state index contributed by atoms with van der Waals surface area (Å²) in [5.74, 6) is 0.172. The molecule has 8 nitrogen and oxygen atoms in total. The van der Waals surface area contributed by atoms with Crippen LogP contribution in [0, 0.1) is 11.8 Å². The lowest BCUT2D eigenvalue weighted by atomic mass is 9.83. The third-order valence-electron chi connectivity index (χ3n) is 5.29. The molecule has 1 amide bonds. The van der Waals surface area contributed by atoms with Crippen LogP contribution in [-0.4, -0.2) is 49.1 Å². The molecule has 1 aliphatic carbocycles. The van der Waals surface area contributed by atoms with Crippen LogP contribution >= 0.6 is 0 Å². The Hall–Kier alpha value is -3.13. The lowest BCUT2D eigenvalue weighted by Gasteiger charge is -2.29. The van der Waals surface area contributed by atoms with Crippen molar-refractivity contribution in [2.24, 2.45) is 11.8 Å². The van der Waals surface area contributed by atoms with E-state index in [1.54, 1.807) is 30.6 Å². The first-order valence-corrected chi connectivity index (χ1v) is 10.7. The van der Waals surface area contributed by atoms with E-state index in [1.165, 1.54) is 12.0 Å². The van der Waals surface area contributed by atoms with E-state index in [-0.39, 0.29) is 12.5 Å². The number of ether oxygens (including phenoxy) is 3. The zero-order valence-corrected chi connectivity index (χ0v) is 18.7. The number of amides is 1. The second-order valence-electron chi connectivity index (χ2n) is 7.61. The third kappa shape index (κ3) is 7.85. The smallest absolute Gasteiger partial charge is 0.419 e. The van der Waals surface area contributed by atoms with Crippen molar-refractivity contribution in [3.63, 3.8) is 0 Å². The number of hydrogen-bond acceptors (Lipinski definition) is 6. The van der Waals surface area contributed by atoms with E-state index in [2.05, 4.69) is 11.6 Å². The van der Waals surface area contributed by atoms with Crippen LogP contribution in [0.1, 0.15) is 32.6 Å². The summed E-state index contributed by atoms with van der Waals surface area (Å²) in [6, 6.07) is 1.71. The Morgan fingerprint density at radius 1 is 1.22 bits per heavy atom. The molecule has 0 bridgehead atoms. The van der Waals surface area contributed by atoms with Gasteiger partial charge in [-0.2, -0.15) is 0 Å². The predicted molar refractivity (Wildman–Crippen MR) is 122 cm³/mol. The van der Waals surface area contributed by atoms with Gasteiger partial charge in [0.15, 0.2) is 0 Å². The molecular formula is C24H32N2O6. The van der Waals surface area contributed by atoms with E-state index < -0.39 is 12.1 Å². The minimum Gasteiger partial charge on any atom is -0.495 e. The lowest BCUT2D eigenvalue weighted by Crippen LogP contribution is -2.32. The second-order valence-corrected chi connectivity index (χ2v) is 7.61. The Balaban J connectivity index is 2.00. The number of nitrogens with zero attached hydrogens (tertiary/aromatic N) is 2. The molecule has 0 aromatic carbocycles. The maximum absolute atomic E-state index is 13.1. The molecule has 2 rings (SSSR count). The molecular weight excluding hydrogens is 412 g/mol. The van der Waals surface area contributed by atoms with Crippen LogP contribution in [0.2, 0.25) is 0 Å². The van der Waals surface area contributed by atoms with Crippen molar-refractivity contribution in [2.45, 2.75) is 32.6 Å². The first-order chi connectivity index (χ1) is 15.5. The number of carboxylic acids is 1. The third-order valence-corrected chi connectivity index (χ3v) is 5.29. The van der Waals surface area contributed by atoms with Gasteiger partial charge in [-0.15, -0.1) is 0 Å². The molecule has 1 fully saturated rings. The van der Waals surface area contributed by atoms with Gasteiger partial charge in [-0.3, -0.25) is 4.98 Å². The van der Waals surface area contributed by atoms with Crippen molar-refractivity contribution in [3.05, 3.63) is 55.0 Å².